The van der Waals surface area contributed by atoms with E-state index >= 15 is 0 Å². The number of ether oxygens (including phenoxy) is 5. The molecule has 1 aromatic heterocycles. The number of carbonyl (C=O) groups is 2. The van der Waals surface area contributed by atoms with Crippen molar-refractivity contribution in [2.75, 3.05) is 40.1 Å². The van der Waals surface area contributed by atoms with E-state index in [-0.39, 0.29) is 23.9 Å². The van der Waals surface area contributed by atoms with Crippen molar-refractivity contribution in [2.45, 2.75) is 59.0 Å². The molecule has 0 bridgehead atoms. The third kappa shape index (κ3) is 11.4. The lowest BCUT2D eigenvalue weighted by molar-refractivity contribution is -0.140. The van der Waals surface area contributed by atoms with Gasteiger partial charge >= 0.3 is 5.97 Å². The molecule has 0 atom stereocenters. The Kier molecular flexibility index (Phi) is 14.9. The van der Waals surface area contributed by atoms with E-state index < -0.39 is 5.82 Å². The number of esters is 1. The molecule has 0 radical (unpaired) electrons. The fourth-order valence-corrected chi connectivity index (χ4v) is 4.99. The van der Waals surface area contributed by atoms with E-state index in [9.17, 15) is 14.0 Å². The Hall–Kier alpha value is -3.18. The number of methoxy groups -OCH3 is 1. The van der Waals surface area contributed by atoms with Gasteiger partial charge in [0.1, 0.15) is 6.61 Å². The number of carbonyl (C=O) groups excluding carboxylic acids is 2. The summed E-state index contributed by atoms with van der Waals surface area (Å²) in [5, 5.41) is 8.10. The number of nitrogens with zero attached hydrogens (tertiary/aromatic N) is 1. The molecule has 0 saturated heterocycles. The Bertz CT molecular complexity index is 1360. The van der Waals surface area contributed by atoms with Crippen LogP contribution in [0.15, 0.2) is 30.3 Å². The molecule has 3 aromatic rings. The molecule has 44 heavy (non-hydrogen) atoms. The molecule has 0 saturated carbocycles. The number of nitrogens with one attached hydrogen (secondary N) is 1. The minimum absolute atomic E-state index is 0.0790. The van der Waals surface area contributed by atoms with Crippen LogP contribution in [0.1, 0.15) is 65.5 Å². The fraction of sp³-hybridized carbons (Fsp3) is 0.469. The van der Waals surface area contributed by atoms with Crippen molar-refractivity contribution in [1.82, 2.24) is 10.2 Å². The van der Waals surface area contributed by atoms with Gasteiger partial charge in [-0.3, -0.25) is 14.7 Å². The number of aryl methyl sites for hydroxylation is 2. The maximum atomic E-state index is 14.0. The second kappa shape index (κ2) is 18.6. The number of H-pyrrole nitrogens is 1. The fourth-order valence-electron chi connectivity index (χ4n) is 4.35. The molecular formula is C32H39Cl2FN2O7. The van der Waals surface area contributed by atoms with Gasteiger partial charge in [-0.2, -0.15) is 5.10 Å². The first-order chi connectivity index (χ1) is 21.2. The molecule has 2 aromatic carbocycles. The topological polar surface area (TPSA) is 109 Å². The average molecular weight is 654 g/mol. The quantitative estimate of drug-likeness (QED) is 0.0800. The minimum Gasteiger partial charge on any atom is -0.490 e. The number of aromatic amines is 1. The minimum atomic E-state index is -0.492. The van der Waals surface area contributed by atoms with Crippen LogP contribution >= 0.6 is 23.2 Å². The van der Waals surface area contributed by atoms with Gasteiger partial charge in [-0.25, -0.2) is 4.39 Å². The maximum absolute atomic E-state index is 14.0. The second-order valence-corrected chi connectivity index (χ2v) is 10.9. The lowest BCUT2D eigenvalue weighted by atomic mass is 10.1. The Morgan fingerprint density at radius 1 is 0.909 bits per heavy atom. The molecule has 240 valence electrons. The summed E-state index contributed by atoms with van der Waals surface area (Å²) in [5.74, 6) is -0.463. The SMILES string of the molecule is COC(=O)CCc1cc(Cl)c(OCCOCCCCOCc2[nH]nc(C)c2CCCOc2cc(C(C)=O)ccc2F)c(Cl)c1. The second-order valence-electron chi connectivity index (χ2n) is 10.1. The summed E-state index contributed by atoms with van der Waals surface area (Å²) in [6.07, 6.45) is 3.71. The van der Waals surface area contributed by atoms with Crippen LogP contribution in [-0.4, -0.2) is 62.1 Å². The Labute approximate surface area is 267 Å². The number of hydrogen-bond acceptors (Lipinski definition) is 8. The van der Waals surface area contributed by atoms with Crippen molar-refractivity contribution < 1.29 is 37.7 Å². The highest BCUT2D eigenvalue weighted by atomic mass is 35.5. The summed E-state index contributed by atoms with van der Waals surface area (Å²) in [6, 6.07) is 7.59. The van der Waals surface area contributed by atoms with Crippen molar-refractivity contribution in [3.8, 4) is 11.5 Å². The molecule has 1 N–H and O–H groups in total. The summed E-state index contributed by atoms with van der Waals surface area (Å²) >= 11 is 12.6. The zero-order valence-electron chi connectivity index (χ0n) is 25.3. The largest absolute Gasteiger partial charge is 0.490 e. The van der Waals surface area contributed by atoms with Gasteiger partial charge in [0.2, 0.25) is 0 Å². The molecule has 1 heterocycles. The number of unbranched alkanes of at least 4 members (excludes halogenated alkanes) is 1. The lowest BCUT2D eigenvalue weighted by Crippen LogP contribution is -2.09. The Balaban J connectivity index is 1.27. The van der Waals surface area contributed by atoms with Crippen LogP contribution in [0.5, 0.6) is 11.5 Å². The van der Waals surface area contributed by atoms with Gasteiger partial charge in [0.05, 0.1) is 48.4 Å². The Morgan fingerprint density at radius 3 is 2.34 bits per heavy atom. The van der Waals surface area contributed by atoms with Crippen LogP contribution in [0.3, 0.4) is 0 Å². The summed E-state index contributed by atoms with van der Waals surface area (Å²) in [6.45, 7) is 5.88. The van der Waals surface area contributed by atoms with Crippen LogP contribution in [0.25, 0.3) is 0 Å². The lowest BCUT2D eigenvalue weighted by Gasteiger charge is -2.12. The first kappa shape index (κ1) is 35.3. The standard InChI is InChI=1S/C32H39Cl2FN2O7/c1-21-25(7-6-14-43-30-19-24(22(2)38)9-10-28(30)35)29(37-36-21)20-42-13-5-4-12-41-15-16-44-32-26(33)17-23(18-27(32)34)8-11-31(39)40-3/h9-10,17-19H,4-8,11-16,20H2,1-3H3,(H,36,37). The van der Waals surface area contributed by atoms with Crippen molar-refractivity contribution >= 4 is 35.0 Å². The number of halogens is 3. The number of ketones is 1. The van der Waals surface area contributed by atoms with E-state index in [1.165, 1.54) is 32.2 Å². The van der Waals surface area contributed by atoms with Gasteiger partial charge in [0.25, 0.3) is 0 Å². The normalized spacial score (nSPS) is 11.0. The molecular weight excluding hydrogens is 614 g/mol. The van der Waals surface area contributed by atoms with E-state index in [0.717, 1.165) is 35.4 Å². The zero-order valence-corrected chi connectivity index (χ0v) is 26.8. The molecule has 0 fully saturated rings. The predicted octanol–water partition coefficient (Wildman–Crippen LogP) is 6.88. The van der Waals surface area contributed by atoms with Gasteiger partial charge in [-0.15, -0.1) is 0 Å². The van der Waals surface area contributed by atoms with Crippen LogP contribution < -0.4 is 9.47 Å². The third-order valence-corrected chi connectivity index (χ3v) is 7.34. The number of benzene rings is 2. The van der Waals surface area contributed by atoms with E-state index in [2.05, 4.69) is 14.9 Å². The maximum Gasteiger partial charge on any atom is 0.305 e. The summed E-state index contributed by atoms with van der Waals surface area (Å²) in [4.78, 5) is 22.9. The van der Waals surface area contributed by atoms with E-state index in [1.807, 2.05) is 6.92 Å². The molecule has 9 nitrogen and oxygen atoms in total. The van der Waals surface area contributed by atoms with Crippen LogP contribution in [-0.2, 0) is 38.5 Å². The average Bonchev–Trinajstić information content (AvgIpc) is 3.35. The smallest absolute Gasteiger partial charge is 0.305 e. The number of rotatable bonds is 20. The van der Waals surface area contributed by atoms with Crippen molar-refractivity contribution in [2.24, 2.45) is 0 Å². The molecule has 3 rings (SSSR count). The van der Waals surface area contributed by atoms with E-state index in [1.54, 1.807) is 12.1 Å². The highest BCUT2D eigenvalue weighted by molar-refractivity contribution is 6.37. The van der Waals surface area contributed by atoms with Gasteiger partial charge in [-0.05, 0) is 87.4 Å². The molecule has 12 heteroatoms. The summed E-state index contributed by atoms with van der Waals surface area (Å²) < 4.78 is 41.4. The van der Waals surface area contributed by atoms with E-state index in [0.29, 0.717) is 80.3 Å². The van der Waals surface area contributed by atoms with Gasteiger partial charge in [-0.1, -0.05) is 23.2 Å². The monoisotopic (exact) mass is 652 g/mol. The third-order valence-electron chi connectivity index (χ3n) is 6.78. The molecule has 0 aliphatic rings. The highest BCUT2D eigenvalue weighted by Gasteiger charge is 2.13. The summed E-state index contributed by atoms with van der Waals surface area (Å²) in [5.41, 5.74) is 4.10. The Morgan fingerprint density at radius 2 is 1.64 bits per heavy atom. The predicted molar refractivity (Wildman–Crippen MR) is 166 cm³/mol. The van der Waals surface area contributed by atoms with Gasteiger partial charge in [0.15, 0.2) is 23.1 Å². The van der Waals surface area contributed by atoms with Crippen molar-refractivity contribution in [1.29, 1.82) is 0 Å². The van der Waals surface area contributed by atoms with Crippen LogP contribution in [0, 0.1) is 12.7 Å². The molecule has 0 amide bonds. The number of hydrogen-bond donors (Lipinski definition) is 1. The van der Waals surface area contributed by atoms with Crippen molar-refractivity contribution in [3.05, 3.63) is 74.3 Å². The number of Topliss-reactive ketones (excluding diaryl/α,β-unsaturated/α-hetero) is 1. The van der Waals surface area contributed by atoms with Gasteiger partial charge < -0.3 is 23.7 Å². The first-order valence-corrected chi connectivity index (χ1v) is 15.2. The van der Waals surface area contributed by atoms with Crippen LogP contribution in [0.4, 0.5) is 4.39 Å². The zero-order chi connectivity index (χ0) is 31.9. The molecule has 0 spiro atoms. The van der Waals surface area contributed by atoms with E-state index in [4.69, 9.17) is 42.1 Å². The van der Waals surface area contributed by atoms with Crippen molar-refractivity contribution in [3.63, 3.8) is 0 Å². The van der Waals surface area contributed by atoms with Gasteiger partial charge in [0, 0.05) is 25.2 Å². The van der Waals surface area contributed by atoms with Crippen LogP contribution in [0.2, 0.25) is 10.0 Å². The molecule has 0 aliphatic heterocycles. The molecule has 0 aliphatic carbocycles. The highest BCUT2D eigenvalue weighted by Crippen LogP contribution is 2.34. The number of aromatic nitrogens is 2. The molecule has 0 unspecified atom stereocenters. The summed E-state index contributed by atoms with van der Waals surface area (Å²) in [7, 11) is 1.35. The first-order valence-electron chi connectivity index (χ1n) is 14.5.